The van der Waals surface area contributed by atoms with Gasteiger partial charge in [-0.05, 0) is 24.6 Å². The lowest BCUT2D eigenvalue weighted by Gasteiger charge is -2.11. The van der Waals surface area contributed by atoms with E-state index < -0.39 is 6.10 Å². The van der Waals surface area contributed by atoms with Crippen molar-refractivity contribution in [3.05, 3.63) is 52.1 Å². The van der Waals surface area contributed by atoms with Crippen molar-refractivity contribution >= 4 is 11.6 Å². The second-order valence-electron chi connectivity index (χ2n) is 4.24. The molecule has 1 aromatic heterocycles. The number of nitrogens with zero attached hydrogens (tertiary/aromatic N) is 2. The number of aliphatic hydroxyl groups excluding tert-OH is 1. The SMILES string of the molecule is Cc1nn(C)c(CC(O)c2cccc(F)c2)c1Cl. The van der Waals surface area contributed by atoms with Crippen LogP contribution in [0, 0.1) is 12.7 Å². The first-order chi connectivity index (χ1) is 8.49. The van der Waals surface area contributed by atoms with Crippen LogP contribution in [0.1, 0.15) is 23.1 Å². The minimum absolute atomic E-state index is 0.305. The molecule has 1 heterocycles. The molecular formula is C13H14ClFN2O. The van der Waals surface area contributed by atoms with E-state index in [2.05, 4.69) is 5.10 Å². The molecule has 0 aliphatic heterocycles. The third-order valence-electron chi connectivity index (χ3n) is 2.88. The summed E-state index contributed by atoms with van der Waals surface area (Å²) in [5, 5.41) is 14.8. The molecule has 0 amide bonds. The Hall–Kier alpha value is -1.39. The van der Waals surface area contributed by atoms with Gasteiger partial charge in [-0.2, -0.15) is 5.10 Å². The topological polar surface area (TPSA) is 38.0 Å². The van der Waals surface area contributed by atoms with E-state index in [-0.39, 0.29) is 5.82 Å². The van der Waals surface area contributed by atoms with Gasteiger partial charge in [-0.1, -0.05) is 23.7 Å². The first kappa shape index (κ1) is 13.1. The maximum Gasteiger partial charge on any atom is 0.123 e. The number of hydrogen-bond donors (Lipinski definition) is 1. The van der Waals surface area contributed by atoms with Crippen LogP contribution in [0.2, 0.25) is 5.02 Å². The Bertz CT molecular complexity index is 568. The molecular weight excluding hydrogens is 255 g/mol. The normalized spacial score (nSPS) is 12.7. The molecule has 2 aromatic rings. The fourth-order valence-corrected chi connectivity index (χ4v) is 2.15. The lowest BCUT2D eigenvalue weighted by atomic mass is 10.0. The minimum Gasteiger partial charge on any atom is -0.388 e. The van der Waals surface area contributed by atoms with E-state index in [1.165, 1.54) is 12.1 Å². The van der Waals surface area contributed by atoms with Crippen molar-refractivity contribution in [3.8, 4) is 0 Å². The summed E-state index contributed by atoms with van der Waals surface area (Å²) in [6.07, 6.45) is -0.493. The van der Waals surface area contributed by atoms with Crippen LogP contribution >= 0.6 is 11.6 Å². The Labute approximate surface area is 110 Å². The standard InChI is InChI=1S/C13H14ClFN2O/c1-8-13(14)11(17(2)16-8)7-12(18)9-4-3-5-10(15)6-9/h3-6,12,18H,7H2,1-2H3. The summed E-state index contributed by atoms with van der Waals surface area (Å²) in [6.45, 7) is 1.81. The van der Waals surface area contributed by atoms with Crippen LogP contribution in [0.25, 0.3) is 0 Å². The van der Waals surface area contributed by atoms with Crippen LogP contribution in [0.5, 0.6) is 0 Å². The Kier molecular flexibility index (Phi) is 3.68. The smallest absolute Gasteiger partial charge is 0.123 e. The van der Waals surface area contributed by atoms with E-state index in [4.69, 9.17) is 11.6 Å². The monoisotopic (exact) mass is 268 g/mol. The van der Waals surface area contributed by atoms with Gasteiger partial charge >= 0.3 is 0 Å². The summed E-state index contributed by atoms with van der Waals surface area (Å²) in [6, 6.07) is 5.92. The van der Waals surface area contributed by atoms with Gasteiger partial charge in [0, 0.05) is 13.5 Å². The molecule has 1 atom stereocenters. The number of aryl methyl sites for hydroxylation is 2. The fourth-order valence-electron chi connectivity index (χ4n) is 1.92. The van der Waals surface area contributed by atoms with Gasteiger partial charge in [0.2, 0.25) is 0 Å². The van der Waals surface area contributed by atoms with Crippen LogP contribution in [0.15, 0.2) is 24.3 Å². The van der Waals surface area contributed by atoms with Gasteiger partial charge in [-0.15, -0.1) is 0 Å². The Morgan fingerprint density at radius 2 is 2.22 bits per heavy atom. The molecule has 1 aromatic carbocycles. The average Bonchev–Trinajstić information content (AvgIpc) is 2.56. The highest BCUT2D eigenvalue weighted by Gasteiger charge is 2.16. The molecule has 1 N–H and O–H groups in total. The van der Waals surface area contributed by atoms with E-state index in [0.717, 1.165) is 11.4 Å². The van der Waals surface area contributed by atoms with Gasteiger partial charge in [0.05, 0.1) is 22.5 Å². The lowest BCUT2D eigenvalue weighted by molar-refractivity contribution is 0.175. The number of rotatable bonds is 3. The first-order valence-corrected chi connectivity index (χ1v) is 5.98. The summed E-state index contributed by atoms with van der Waals surface area (Å²) in [4.78, 5) is 0. The summed E-state index contributed by atoms with van der Waals surface area (Å²) < 4.78 is 14.7. The molecule has 0 aliphatic rings. The van der Waals surface area contributed by atoms with Crippen molar-refractivity contribution in [1.29, 1.82) is 0 Å². The zero-order chi connectivity index (χ0) is 13.3. The summed E-state index contributed by atoms with van der Waals surface area (Å²) in [5.74, 6) is -0.362. The van der Waals surface area contributed by atoms with E-state index in [9.17, 15) is 9.50 Å². The molecule has 0 bridgehead atoms. The fraction of sp³-hybridized carbons (Fsp3) is 0.308. The first-order valence-electron chi connectivity index (χ1n) is 5.60. The molecule has 0 saturated heterocycles. The van der Waals surface area contributed by atoms with Gasteiger partial charge in [0.15, 0.2) is 0 Å². The molecule has 3 nitrogen and oxygen atoms in total. The van der Waals surface area contributed by atoms with Crippen LogP contribution in [0.3, 0.4) is 0 Å². The molecule has 2 rings (SSSR count). The van der Waals surface area contributed by atoms with Gasteiger partial charge in [-0.3, -0.25) is 4.68 Å². The second kappa shape index (κ2) is 5.08. The predicted molar refractivity (Wildman–Crippen MR) is 68.0 cm³/mol. The number of halogens is 2. The maximum atomic E-state index is 13.1. The predicted octanol–water partition coefficient (Wildman–Crippen LogP) is 2.80. The van der Waals surface area contributed by atoms with Crippen molar-refractivity contribution in [1.82, 2.24) is 9.78 Å². The largest absolute Gasteiger partial charge is 0.388 e. The van der Waals surface area contributed by atoms with Crippen molar-refractivity contribution in [2.24, 2.45) is 7.05 Å². The van der Waals surface area contributed by atoms with Crippen LogP contribution in [0.4, 0.5) is 4.39 Å². The maximum absolute atomic E-state index is 13.1. The highest BCUT2D eigenvalue weighted by atomic mass is 35.5. The summed E-state index contributed by atoms with van der Waals surface area (Å²) >= 11 is 6.11. The molecule has 0 spiro atoms. The van der Waals surface area contributed by atoms with Crippen LogP contribution in [-0.4, -0.2) is 14.9 Å². The van der Waals surface area contributed by atoms with Crippen LogP contribution in [-0.2, 0) is 13.5 Å². The number of aromatic nitrogens is 2. The van der Waals surface area contributed by atoms with Gasteiger partial charge in [0.25, 0.3) is 0 Å². The number of aliphatic hydroxyl groups is 1. The lowest BCUT2D eigenvalue weighted by Crippen LogP contribution is -2.07. The Balaban J connectivity index is 2.24. The molecule has 0 saturated carbocycles. The Morgan fingerprint density at radius 1 is 1.50 bits per heavy atom. The van der Waals surface area contributed by atoms with Crippen molar-refractivity contribution in [2.45, 2.75) is 19.4 Å². The molecule has 96 valence electrons. The summed E-state index contributed by atoms with van der Waals surface area (Å²) in [7, 11) is 1.77. The van der Waals surface area contributed by atoms with Crippen LogP contribution < -0.4 is 0 Å². The molecule has 0 fully saturated rings. The third kappa shape index (κ3) is 2.54. The van der Waals surface area contributed by atoms with E-state index in [1.807, 2.05) is 0 Å². The zero-order valence-electron chi connectivity index (χ0n) is 10.2. The molecule has 18 heavy (non-hydrogen) atoms. The second-order valence-corrected chi connectivity index (χ2v) is 4.62. The van der Waals surface area contributed by atoms with Gasteiger partial charge < -0.3 is 5.11 Å². The highest BCUT2D eigenvalue weighted by Crippen LogP contribution is 2.25. The Morgan fingerprint density at radius 3 is 2.78 bits per heavy atom. The molecule has 5 heteroatoms. The minimum atomic E-state index is -0.798. The average molecular weight is 269 g/mol. The van der Waals surface area contributed by atoms with E-state index in [1.54, 1.807) is 30.8 Å². The van der Waals surface area contributed by atoms with Crippen molar-refractivity contribution < 1.29 is 9.50 Å². The highest BCUT2D eigenvalue weighted by molar-refractivity contribution is 6.31. The van der Waals surface area contributed by atoms with Gasteiger partial charge in [-0.25, -0.2) is 4.39 Å². The number of hydrogen-bond acceptors (Lipinski definition) is 2. The van der Waals surface area contributed by atoms with Crippen molar-refractivity contribution in [3.63, 3.8) is 0 Å². The zero-order valence-corrected chi connectivity index (χ0v) is 10.9. The van der Waals surface area contributed by atoms with E-state index in [0.29, 0.717) is 17.0 Å². The number of benzene rings is 1. The quantitative estimate of drug-likeness (QED) is 0.930. The molecule has 0 radical (unpaired) electrons. The molecule has 0 aliphatic carbocycles. The molecule has 1 unspecified atom stereocenters. The van der Waals surface area contributed by atoms with Crippen molar-refractivity contribution in [2.75, 3.05) is 0 Å². The van der Waals surface area contributed by atoms with Gasteiger partial charge in [0.1, 0.15) is 5.82 Å². The third-order valence-corrected chi connectivity index (χ3v) is 3.37. The summed E-state index contributed by atoms with van der Waals surface area (Å²) in [5.41, 5.74) is 2.00. The van der Waals surface area contributed by atoms with E-state index >= 15 is 0 Å².